The second-order valence-electron chi connectivity index (χ2n) is 5.95. The van der Waals surface area contributed by atoms with Gasteiger partial charge in [0.15, 0.2) is 9.84 Å². The Kier molecular flexibility index (Phi) is 4.59. The van der Waals surface area contributed by atoms with Crippen LogP contribution in [0.25, 0.3) is 0 Å². The molecule has 1 fully saturated rings. The number of carbonyl (C=O) groups is 2. The molecule has 3 rings (SSSR count). The van der Waals surface area contributed by atoms with E-state index in [2.05, 4.69) is 5.32 Å². The SMILES string of the molecule is CS(=O)(=O)c1cccc(C(=O)Nc2cccc(N3CCCC3=O)c2)c1. The lowest BCUT2D eigenvalue weighted by atomic mass is 10.2. The molecular formula is C18H18N2O4S. The summed E-state index contributed by atoms with van der Waals surface area (Å²) in [5, 5.41) is 2.74. The first-order chi connectivity index (χ1) is 11.8. The van der Waals surface area contributed by atoms with E-state index in [4.69, 9.17) is 0 Å². The van der Waals surface area contributed by atoms with E-state index < -0.39 is 15.7 Å². The van der Waals surface area contributed by atoms with Gasteiger partial charge in [-0.05, 0) is 42.8 Å². The molecule has 0 bridgehead atoms. The highest BCUT2D eigenvalue weighted by atomic mass is 32.2. The van der Waals surface area contributed by atoms with Crippen LogP contribution in [0.3, 0.4) is 0 Å². The molecule has 2 amide bonds. The maximum Gasteiger partial charge on any atom is 0.255 e. The van der Waals surface area contributed by atoms with Crippen LogP contribution in [-0.2, 0) is 14.6 Å². The third-order valence-electron chi connectivity index (χ3n) is 4.01. The van der Waals surface area contributed by atoms with Gasteiger partial charge in [0, 0.05) is 36.2 Å². The molecule has 1 aliphatic heterocycles. The number of carbonyl (C=O) groups excluding carboxylic acids is 2. The van der Waals surface area contributed by atoms with Gasteiger partial charge in [0.05, 0.1) is 4.90 Å². The molecule has 1 heterocycles. The summed E-state index contributed by atoms with van der Waals surface area (Å²) in [5.41, 5.74) is 1.54. The molecule has 7 heteroatoms. The number of anilines is 2. The van der Waals surface area contributed by atoms with E-state index in [9.17, 15) is 18.0 Å². The third kappa shape index (κ3) is 3.88. The highest BCUT2D eigenvalue weighted by molar-refractivity contribution is 7.90. The van der Waals surface area contributed by atoms with Crippen molar-refractivity contribution in [2.75, 3.05) is 23.0 Å². The largest absolute Gasteiger partial charge is 0.322 e. The van der Waals surface area contributed by atoms with Crippen molar-refractivity contribution in [3.63, 3.8) is 0 Å². The minimum Gasteiger partial charge on any atom is -0.322 e. The van der Waals surface area contributed by atoms with Crippen LogP contribution in [0.15, 0.2) is 53.4 Å². The van der Waals surface area contributed by atoms with Crippen LogP contribution in [-0.4, -0.2) is 33.0 Å². The number of amides is 2. The molecule has 6 nitrogen and oxygen atoms in total. The monoisotopic (exact) mass is 358 g/mol. The molecule has 0 radical (unpaired) electrons. The Labute approximate surface area is 146 Å². The minimum absolute atomic E-state index is 0.0735. The van der Waals surface area contributed by atoms with Gasteiger partial charge >= 0.3 is 0 Å². The maximum absolute atomic E-state index is 12.4. The van der Waals surface area contributed by atoms with Crippen molar-refractivity contribution in [3.8, 4) is 0 Å². The molecule has 1 saturated heterocycles. The zero-order valence-corrected chi connectivity index (χ0v) is 14.5. The average Bonchev–Trinajstić information content (AvgIpc) is 3.00. The van der Waals surface area contributed by atoms with Gasteiger partial charge in [0.1, 0.15) is 0 Å². The second-order valence-corrected chi connectivity index (χ2v) is 7.97. The van der Waals surface area contributed by atoms with E-state index in [-0.39, 0.29) is 16.4 Å². The molecule has 0 spiro atoms. The average molecular weight is 358 g/mol. The molecule has 1 N–H and O–H groups in total. The summed E-state index contributed by atoms with van der Waals surface area (Å²) in [6.45, 7) is 0.673. The van der Waals surface area contributed by atoms with Crippen LogP contribution in [0.4, 0.5) is 11.4 Å². The number of rotatable bonds is 4. The summed E-state index contributed by atoms with van der Waals surface area (Å²) in [6, 6.07) is 12.9. The number of benzene rings is 2. The third-order valence-corrected chi connectivity index (χ3v) is 5.12. The van der Waals surface area contributed by atoms with Crippen LogP contribution >= 0.6 is 0 Å². The van der Waals surface area contributed by atoms with E-state index in [0.29, 0.717) is 18.7 Å². The van der Waals surface area contributed by atoms with E-state index in [1.165, 1.54) is 18.2 Å². The summed E-state index contributed by atoms with van der Waals surface area (Å²) >= 11 is 0. The number of hydrogen-bond acceptors (Lipinski definition) is 4. The van der Waals surface area contributed by atoms with Crippen molar-refractivity contribution in [3.05, 3.63) is 54.1 Å². The molecule has 0 aliphatic carbocycles. The first-order valence-electron chi connectivity index (χ1n) is 7.86. The smallest absolute Gasteiger partial charge is 0.255 e. The van der Waals surface area contributed by atoms with E-state index in [0.717, 1.165) is 18.4 Å². The van der Waals surface area contributed by atoms with E-state index in [1.54, 1.807) is 29.2 Å². The molecule has 0 atom stereocenters. The maximum atomic E-state index is 12.4. The minimum atomic E-state index is -3.38. The number of nitrogens with zero attached hydrogens (tertiary/aromatic N) is 1. The fourth-order valence-electron chi connectivity index (χ4n) is 2.74. The molecule has 130 valence electrons. The number of nitrogens with one attached hydrogen (secondary N) is 1. The van der Waals surface area contributed by atoms with Crippen LogP contribution in [0.2, 0.25) is 0 Å². The van der Waals surface area contributed by atoms with Crippen molar-refractivity contribution in [2.45, 2.75) is 17.7 Å². The summed E-state index contributed by atoms with van der Waals surface area (Å²) in [5.74, 6) is -0.334. The summed E-state index contributed by atoms with van der Waals surface area (Å²) in [4.78, 5) is 26.0. The summed E-state index contributed by atoms with van der Waals surface area (Å²) in [7, 11) is -3.38. The Morgan fingerprint density at radius 1 is 1.12 bits per heavy atom. The Hall–Kier alpha value is -2.67. The van der Waals surface area contributed by atoms with Crippen molar-refractivity contribution in [1.82, 2.24) is 0 Å². The van der Waals surface area contributed by atoms with Crippen LogP contribution in [0.5, 0.6) is 0 Å². The van der Waals surface area contributed by atoms with Gasteiger partial charge in [0.2, 0.25) is 5.91 Å². The first kappa shape index (κ1) is 17.2. The van der Waals surface area contributed by atoms with Crippen LogP contribution in [0.1, 0.15) is 23.2 Å². The Morgan fingerprint density at radius 2 is 1.88 bits per heavy atom. The quantitative estimate of drug-likeness (QED) is 0.910. The van der Waals surface area contributed by atoms with Crippen molar-refractivity contribution < 1.29 is 18.0 Å². The van der Waals surface area contributed by atoms with Gasteiger partial charge in [-0.2, -0.15) is 0 Å². The van der Waals surface area contributed by atoms with Gasteiger partial charge in [-0.1, -0.05) is 12.1 Å². The van der Waals surface area contributed by atoms with Gasteiger partial charge < -0.3 is 10.2 Å². The van der Waals surface area contributed by atoms with E-state index in [1.807, 2.05) is 6.07 Å². The highest BCUT2D eigenvalue weighted by Gasteiger charge is 2.22. The Morgan fingerprint density at radius 3 is 2.56 bits per heavy atom. The lowest BCUT2D eigenvalue weighted by Gasteiger charge is -2.16. The highest BCUT2D eigenvalue weighted by Crippen LogP contribution is 2.24. The summed E-state index contributed by atoms with van der Waals surface area (Å²) < 4.78 is 23.2. The lowest BCUT2D eigenvalue weighted by molar-refractivity contribution is -0.117. The molecule has 0 aromatic heterocycles. The predicted molar refractivity (Wildman–Crippen MR) is 95.5 cm³/mol. The standard InChI is InChI=1S/C18H18N2O4S/c1-25(23,24)16-8-2-5-13(11-16)18(22)19-14-6-3-7-15(12-14)20-10-4-9-17(20)21/h2-3,5-8,11-12H,4,9-10H2,1H3,(H,19,22). The molecule has 0 saturated carbocycles. The zero-order valence-electron chi connectivity index (χ0n) is 13.7. The van der Waals surface area contributed by atoms with Gasteiger partial charge in [-0.15, -0.1) is 0 Å². The normalized spacial score (nSPS) is 14.6. The number of sulfone groups is 1. The zero-order chi connectivity index (χ0) is 18.0. The Balaban J connectivity index is 1.81. The van der Waals surface area contributed by atoms with Crippen molar-refractivity contribution in [2.24, 2.45) is 0 Å². The van der Waals surface area contributed by atoms with Crippen molar-refractivity contribution in [1.29, 1.82) is 0 Å². The molecule has 0 unspecified atom stereocenters. The molecule has 1 aliphatic rings. The lowest BCUT2D eigenvalue weighted by Crippen LogP contribution is -2.23. The molecular weight excluding hydrogens is 340 g/mol. The first-order valence-corrected chi connectivity index (χ1v) is 9.76. The molecule has 2 aromatic carbocycles. The van der Waals surface area contributed by atoms with Crippen LogP contribution < -0.4 is 10.2 Å². The summed E-state index contributed by atoms with van der Waals surface area (Å²) in [6.07, 6.45) is 2.46. The molecule has 25 heavy (non-hydrogen) atoms. The fraction of sp³-hybridized carbons (Fsp3) is 0.222. The molecule has 2 aromatic rings. The van der Waals surface area contributed by atoms with Gasteiger partial charge in [-0.25, -0.2) is 8.42 Å². The fourth-order valence-corrected chi connectivity index (χ4v) is 3.41. The van der Waals surface area contributed by atoms with Gasteiger partial charge in [-0.3, -0.25) is 9.59 Å². The van der Waals surface area contributed by atoms with Gasteiger partial charge in [0.25, 0.3) is 5.91 Å². The second kappa shape index (κ2) is 6.68. The Bertz CT molecular complexity index is 938. The topological polar surface area (TPSA) is 83.6 Å². The number of hydrogen-bond donors (Lipinski definition) is 1. The predicted octanol–water partition coefficient (Wildman–Crippen LogP) is 2.47. The van der Waals surface area contributed by atoms with Crippen LogP contribution in [0, 0.1) is 0 Å². The van der Waals surface area contributed by atoms with E-state index >= 15 is 0 Å². The van der Waals surface area contributed by atoms with Crippen molar-refractivity contribution >= 4 is 33.0 Å².